The number of ether oxygens (including phenoxy) is 2. The zero-order valence-corrected chi connectivity index (χ0v) is 14.9. The van der Waals surface area contributed by atoms with Crippen LogP contribution in [-0.4, -0.2) is 41.8 Å². The number of carbonyl (C=O) groups excluding carboxylic acids is 1. The van der Waals surface area contributed by atoms with E-state index in [-0.39, 0.29) is 25.0 Å². The maximum absolute atomic E-state index is 12.8. The number of hydrogen-bond acceptors (Lipinski definition) is 4. The van der Waals surface area contributed by atoms with E-state index in [1.54, 1.807) is 0 Å². The lowest BCUT2D eigenvalue weighted by molar-refractivity contribution is -0.195. The van der Waals surface area contributed by atoms with Crippen molar-refractivity contribution in [1.29, 1.82) is 0 Å². The molecule has 3 rings (SSSR count). The summed E-state index contributed by atoms with van der Waals surface area (Å²) in [4.78, 5) is 24.8. The minimum absolute atomic E-state index is 0.183. The van der Waals surface area contributed by atoms with Crippen LogP contribution in [-0.2, 0) is 20.7 Å². The number of amides is 1. The van der Waals surface area contributed by atoms with Crippen molar-refractivity contribution < 1.29 is 24.2 Å². The molecule has 6 nitrogen and oxygen atoms in total. The van der Waals surface area contributed by atoms with Crippen LogP contribution in [0.15, 0.2) is 24.3 Å². The monoisotopic (exact) mass is 347 g/mol. The second-order valence-corrected chi connectivity index (χ2v) is 7.39. The van der Waals surface area contributed by atoms with Gasteiger partial charge in [-0.15, -0.1) is 0 Å². The van der Waals surface area contributed by atoms with Gasteiger partial charge in [-0.25, -0.2) is 4.79 Å². The van der Waals surface area contributed by atoms with Gasteiger partial charge in [0.2, 0.25) is 5.91 Å². The highest BCUT2D eigenvalue weighted by atomic mass is 16.5. The standard InChI is InChI=1S/C19H25NO5/c1-4-24-15-10-19(17(22)23,18(15,2)3)20-16(21)13-9-12-7-5-6-8-14(12)25-11-13/h5-8,13,15H,4,9-11H2,1-3H3,(H,20,21)(H,22,23). The van der Waals surface area contributed by atoms with Gasteiger partial charge in [0.05, 0.1) is 12.0 Å². The molecule has 1 heterocycles. The molecule has 0 saturated heterocycles. The van der Waals surface area contributed by atoms with Crippen molar-refractivity contribution in [3.05, 3.63) is 29.8 Å². The summed E-state index contributed by atoms with van der Waals surface area (Å²) >= 11 is 0. The highest BCUT2D eigenvalue weighted by Gasteiger charge is 2.66. The first kappa shape index (κ1) is 17.7. The van der Waals surface area contributed by atoms with Crippen molar-refractivity contribution in [2.75, 3.05) is 13.2 Å². The van der Waals surface area contributed by atoms with Crippen LogP contribution in [0.4, 0.5) is 0 Å². The number of carbonyl (C=O) groups is 2. The van der Waals surface area contributed by atoms with Crippen molar-refractivity contribution in [2.45, 2.75) is 45.3 Å². The Balaban J connectivity index is 1.74. The quantitative estimate of drug-likeness (QED) is 0.851. The van der Waals surface area contributed by atoms with Gasteiger partial charge < -0.3 is 19.9 Å². The van der Waals surface area contributed by atoms with Crippen LogP contribution in [0.25, 0.3) is 0 Å². The van der Waals surface area contributed by atoms with Gasteiger partial charge in [-0.05, 0) is 25.0 Å². The second-order valence-electron chi connectivity index (χ2n) is 7.39. The molecule has 6 heteroatoms. The molecule has 1 aromatic carbocycles. The van der Waals surface area contributed by atoms with Crippen molar-refractivity contribution in [1.82, 2.24) is 5.32 Å². The highest BCUT2D eigenvalue weighted by Crippen LogP contribution is 2.51. The summed E-state index contributed by atoms with van der Waals surface area (Å²) in [5.41, 5.74) is -1.02. The van der Waals surface area contributed by atoms with E-state index in [1.165, 1.54) is 0 Å². The Morgan fingerprint density at radius 1 is 1.36 bits per heavy atom. The third-order valence-corrected chi connectivity index (χ3v) is 5.72. The van der Waals surface area contributed by atoms with Gasteiger partial charge in [0.25, 0.3) is 0 Å². The molecule has 1 aliphatic heterocycles. The Labute approximate surface area is 147 Å². The molecule has 25 heavy (non-hydrogen) atoms. The number of hydrogen-bond donors (Lipinski definition) is 2. The van der Waals surface area contributed by atoms with E-state index in [4.69, 9.17) is 9.47 Å². The van der Waals surface area contributed by atoms with Gasteiger partial charge in [0.1, 0.15) is 17.9 Å². The number of nitrogens with one attached hydrogen (secondary N) is 1. The van der Waals surface area contributed by atoms with Crippen LogP contribution in [0.3, 0.4) is 0 Å². The molecule has 3 unspecified atom stereocenters. The maximum atomic E-state index is 12.8. The van der Waals surface area contributed by atoms with Gasteiger partial charge >= 0.3 is 5.97 Å². The molecule has 136 valence electrons. The summed E-state index contributed by atoms with van der Waals surface area (Å²) in [6, 6.07) is 7.61. The summed E-state index contributed by atoms with van der Waals surface area (Å²) < 4.78 is 11.3. The summed E-state index contributed by atoms with van der Waals surface area (Å²) in [5.74, 6) is -0.896. The second kappa shape index (κ2) is 6.33. The van der Waals surface area contributed by atoms with Crippen molar-refractivity contribution in [3.8, 4) is 5.75 Å². The number of carboxylic acid groups (broad SMARTS) is 1. The van der Waals surface area contributed by atoms with Gasteiger partial charge in [-0.2, -0.15) is 0 Å². The van der Waals surface area contributed by atoms with E-state index in [2.05, 4.69) is 5.32 Å². The molecule has 0 radical (unpaired) electrons. The summed E-state index contributed by atoms with van der Waals surface area (Å²) in [5, 5.41) is 12.6. The Morgan fingerprint density at radius 3 is 2.72 bits per heavy atom. The van der Waals surface area contributed by atoms with E-state index in [1.807, 2.05) is 45.0 Å². The average Bonchev–Trinajstić information content (AvgIpc) is 2.59. The number of para-hydroxylation sites is 1. The Bertz CT molecular complexity index is 686. The van der Waals surface area contributed by atoms with Crippen LogP contribution in [0.5, 0.6) is 5.75 Å². The van der Waals surface area contributed by atoms with Crippen molar-refractivity contribution in [3.63, 3.8) is 0 Å². The third kappa shape index (κ3) is 2.78. The number of benzene rings is 1. The van der Waals surface area contributed by atoms with Crippen LogP contribution in [0.1, 0.15) is 32.8 Å². The van der Waals surface area contributed by atoms with Crippen molar-refractivity contribution in [2.24, 2.45) is 11.3 Å². The van der Waals surface area contributed by atoms with Gasteiger partial charge in [-0.1, -0.05) is 32.0 Å². The molecule has 0 aromatic heterocycles. The largest absolute Gasteiger partial charge is 0.492 e. The fourth-order valence-electron chi connectivity index (χ4n) is 3.85. The molecule has 2 aliphatic rings. The molecule has 3 atom stereocenters. The summed E-state index contributed by atoms with van der Waals surface area (Å²) in [6.45, 7) is 6.32. The topological polar surface area (TPSA) is 84.9 Å². The minimum atomic E-state index is -1.30. The number of rotatable bonds is 5. The smallest absolute Gasteiger partial charge is 0.330 e. The lowest BCUT2D eigenvalue weighted by atomic mass is 9.54. The average molecular weight is 347 g/mol. The van der Waals surface area contributed by atoms with E-state index in [0.717, 1.165) is 11.3 Å². The molecular weight excluding hydrogens is 322 g/mol. The molecule has 1 aliphatic carbocycles. The first-order valence-electron chi connectivity index (χ1n) is 8.69. The molecular formula is C19H25NO5. The van der Waals surface area contributed by atoms with E-state index < -0.39 is 22.8 Å². The van der Waals surface area contributed by atoms with Crippen LogP contribution in [0, 0.1) is 11.3 Å². The van der Waals surface area contributed by atoms with Crippen molar-refractivity contribution >= 4 is 11.9 Å². The molecule has 0 bridgehead atoms. The summed E-state index contributed by atoms with van der Waals surface area (Å²) in [7, 11) is 0. The number of fused-ring (bicyclic) bond motifs is 1. The van der Waals surface area contributed by atoms with Crippen LogP contribution >= 0.6 is 0 Å². The lowest BCUT2D eigenvalue weighted by Crippen LogP contribution is -2.76. The fraction of sp³-hybridized carbons (Fsp3) is 0.579. The zero-order valence-electron chi connectivity index (χ0n) is 14.9. The van der Waals surface area contributed by atoms with E-state index in [9.17, 15) is 14.7 Å². The normalized spacial score (nSPS) is 29.7. The van der Waals surface area contributed by atoms with Crippen LogP contribution < -0.4 is 10.1 Å². The van der Waals surface area contributed by atoms with Gasteiger partial charge in [0.15, 0.2) is 0 Å². The Hall–Kier alpha value is -2.08. The maximum Gasteiger partial charge on any atom is 0.330 e. The molecule has 1 saturated carbocycles. The number of carboxylic acids is 1. The lowest BCUT2D eigenvalue weighted by Gasteiger charge is -2.58. The molecule has 2 N–H and O–H groups in total. The Morgan fingerprint density at radius 2 is 2.08 bits per heavy atom. The van der Waals surface area contributed by atoms with Crippen LogP contribution in [0.2, 0.25) is 0 Å². The Kier molecular flexibility index (Phi) is 4.49. The molecule has 1 aromatic rings. The highest BCUT2D eigenvalue weighted by molar-refractivity contribution is 5.90. The first-order chi connectivity index (χ1) is 11.8. The number of aliphatic carboxylic acids is 1. The predicted octanol–water partition coefficient (Wildman–Crippen LogP) is 2.01. The van der Waals surface area contributed by atoms with Gasteiger partial charge in [0, 0.05) is 18.4 Å². The molecule has 1 amide bonds. The minimum Gasteiger partial charge on any atom is -0.492 e. The van der Waals surface area contributed by atoms with Gasteiger partial charge in [-0.3, -0.25) is 4.79 Å². The van der Waals surface area contributed by atoms with E-state index in [0.29, 0.717) is 13.0 Å². The third-order valence-electron chi connectivity index (χ3n) is 5.72. The summed E-state index contributed by atoms with van der Waals surface area (Å²) in [6.07, 6.45) is 0.642. The zero-order chi connectivity index (χ0) is 18.2. The SMILES string of the molecule is CCOC1CC(NC(=O)C2COc3ccccc3C2)(C(=O)O)C1(C)C. The van der Waals surface area contributed by atoms with E-state index >= 15 is 0 Å². The molecule has 0 spiro atoms. The molecule has 1 fully saturated rings. The first-order valence-corrected chi connectivity index (χ1v) is 8.69. The fourth-order valence-corrected chi connectivity index (χ4v) is 3.85. The predicted molar refractivity (Wildman–Crippen MR) is 91.5 cm³/mol.